The third kappa shape index (κ3) is 4.91. The van der Waals surface area contributed by atoms with Crippen molar-refractivity contribution in [1.29, 1.82) is 0 Å². The second-order valence-corrected chi connectivity index (χ2v) is 7.07. The maximum Gasteiger partial charge on any atom is 0.328 e. The van der Waals surface area contributed by atoms with Crippen LogP contribution in [0.25, 0.3) is 0 Å². The largest absolute Gasteiger partial charge is 0.485 e. The molecule has 0 bridgehead atoms. The molecule has 1 aliphatic rings. The molecule has 0 radical (unpaired) electrons. The number of aryl methyl sites for hydroxylation is 2. The van der Waals surface area contributed by atoms with Crippen molar-refractivity contribution in [2.75, 3.05) is 13.7 Å². The normalized spacial score (nSPS) is 18.6. The first-order valence-corrected chi connectivity index (χ1v) is 9.42. The first-order chi connectivity index (χ1) is 13.9. The van der Waals surface area contributed by atoms with Gasteiger partial charge in [-0.2, -0.15) is 0 Å². The van der Waals surface area contributed by atoms with E-state index in [4.69, 9.17) is 9.47 Å². The van der Waals surface area contributed by atoms with E-state index in [0.717, 1.165) is 0 Å². The SMILES string of the molecule is COC(=O)C1CC(Oc2ccccc2F)CN1C(=O)CCc1ccc(C)c(F)c1. The van der Waals surface area contributed by atoms with Crippen molar-refractivity contribution >= 4 is 11.9 Å². The number of carbonyl (C=O) groups excluding carboxylic acids is 2. The summed E-state index contributed by atoms with van der Waals surface area (Å²) in [5.41, 5.74) is 1.24. The third-order valence-electron chi connectivity index (χ3n) is 5.05. The van der Waals surface area contributed by atoms with Crippen molar-refractivity contribution in [3.63, 3.8) is 0 Å². The fourth-order valence-corrected chi connectivity index (χ4v) is 3.42. The lowest BCUT2D eigenvalue weighted by molar-refractivity contribution is -0.150. The number of hydrogen-bond acceptors (Lipinski definition) is 4. The smallest absolute Gasteiger partial charge is 0.328 e. The number of rotatable bonds is 6. The molecule has 1 saturated heterocycles. The molecule has 3 rings (SSSR count). The van der Waals surface area contributed by atoms with Crippen LogP contribution in [0.1, 0.15) is 24.0 Å². The van der Waals surface area contributed by atoms with Crippen molar-refractivity contribution in [3.05, 3.63) is 65.2 Å². The van der Waals surface area contributed by atoms with Crippen LogP contribution in [0, 0.1) is 18.6 Å². The van der Waals surface area contributed by atoms with Gasteiger partial charge in [-0.05, 0) is 42.7 Å². The topological polar surface area (TPSA) is 55.8 Å². The Kier molecular flexibility index (Phi) is 6.46. The fourth-order valence-electron chi connectivity index (χ4n) is 3.42. The first-order valence-electron chi connectivity index (χ1n) is 9.42. The minimum absolute atomic E-state index is 0.0746. The van der Waals surface area contributed by atoms with E-state index in [2.05, 4.69) is 0 Å². The van der Waals surface area contributed by atoms with Crippen molar-refractivity contribution in [2.45, 2.75) is 38.3 Å². The molecule has 0 spiro atoms. The van der Waals surface area contributed by atoms with Crippen molar-refractivity contribution in [1.82, 2.24) is 4.90 Å². The standard InChI is InChI=1S/C22H23F2NO4/c1-14-7-8-15(11-18(14)24)9-10-21(26)25-13-16(12-19(25)22(27)28-2)29-20-6-4-3-5-17(20)23/h3-8,11,16,19H,9-10,12-13H2,1-2H3. The molecule has 5 nitrogen and oxygen atoms in total. The van der Waals surface area contributed by atoms with E-state index in [1.165, 1.54) is 30.2 Å². The Morgan fingerprint density at radius 2 is 1.90 bits per heavy atom. The van der Waals surface area contributed by atoms with Crippen LogP contribution in [0.5, 0.6) is 5.75 Å². The number of likely N-dealkylation sites (tertiary alicyclic amines) is 1. The highest BCUT2D eigenvalue weighted by Gasteiger charge is 2.41. The van der Waals surface area contributed by atoms with E-state index >= 15 is 0 Å². The van der Waals surface area contributed by atoms with Crippen molar-refractivity contribution < 1.29 is 27.8 Å². The van der Waals surface area contributed by atoms with E-state index in [9.17, 15) is 18.4 Å². The Hall–Kier alpha value is -2.96. The van der Waals surface area contributed by atoms with Gasteiger partial charge in [-0.3, -0.25) is 4.79 Å². The van der Waals surface area contributed by atoms with Gasteiger partial charge in [0.2, 0.25) is 5.91 Å². The zero-order valence-corrected chi connectivity index (χ0v) is 16.4. The van der Waals surface area contributed by atoms with Crippen LogP contribution in [-0.4, -0.2) is 42.6 Å². The summed E-state index contributed by atoms with van der Waals surface area (Å²) in [4.78, 5) is 26.3. The molecule has 0 aromatic heterocycles. The molecular formula is C22H23F2NO4. The summed E-state index contributed by atoms with van der Waals surface area (Å²) in [5.74, 6) is -1.55. The van der Waals surface area contributed by atoms with Crippen molar-refractivity contribution in [2.24, 2.45) is 0 Å². The summed E-state index contributed by atoms with van der Waals surface area (Å²) in [7, 11) is 1.26. The fraction of sp³-hybridized carbons (Fsp3) is 0.364. The van der Waals surface area contributed by atoms with Gasteiger partial charge < -0.3 is 14.4 Å². The minimum Gasteiger partial charge on any atom is -0.485 e. The maximum absolute atomic E-state index is 13.9. The molecule has 2 unspecified atom stereocenters. The van der Waals surface area contributed by atoms with Crippen LogP contribution in [0.4, 0.5) is 8.78 Å². The number of ether oxygens (including phenoxy) is 2. The Morgan fingerprint density at radius 1 is 1.14 bits per heavy atom. The highest BCUT2D eigenvalue weighted by atomic mass is 19.1. The summed E-state index contributed by atoms with van der Waals surface area (Å²) in [6.07, 6.45) is 0.143. The molecule has 2 aromatic rings. The van der Waals surface area contributed by atoms with Gasteiger partial charge in [0, 0.05) is 12.8 Å². The first kappa shape index (κ1) is 20.8. The van der Waals surface area contributed by atoms with Crippen LogP contribution in [-0.2, 0) is 20.7 Å². The van der Waals surface area contributed by atoms with Gasteiger partial charge in [0.05, 0.1) is 13.7 Å². The molecular weight excluding hydrogens is 380 g/mol. The number of halogens is 2. The van der Waals surface area contributed by atoms with E-state index in [1.807, 2.05) is 0 Å². The number of amides is 1. The second kappa shape index (κ2) is 9.03. The van der Waals surface area contributed by atoms with Gasteiger partial charge >= 0.3 is 5.97 Å². The lowest BCUT2D eigenvalue weighted by Gasteiger charge is -2.22. The lowest BCUT2D eigenvalue weighted by Crippen LogP contribution is -2.41. The number of nitrogens with zero attached hydrogens (tertiary/aromatic N) is 1. The molecule has 2 aromatic carbocycles. The number of benzene rings is 2. The number of para-hydroxylation sites is 1. The summed E-state index contributed by atoms with van der Waals surface area (Å²) < 4.78 is 38.1. The van der Waals surface area contributed by atoms with Crippen LogP contribution < -0.4 is 4.74 Å². The Balaban J connectivity index is 1.67. The van der Waals surface area contributed by atoms with Crippen LogP contribution >= 0.6 is 0 Å². The zero-order chi connectivity index (χ0) is 21.0. The van der Waals surface area contributed by atoms with E-state index in [-0.39, 0.29) is 36.9 Å². The third-order valence-corrected chi connectivity index (χ3v) is 5.05. The summed E-state index contributed by atoms with van der Waals surface area (Å²) in [6.45, 7) is 1.82. The summed E-state index contributed by atoms with van der Waals surface area (Å²) in [6, 6.07) is 10.0. The van der Waals surface area contributed by atoms with Gasteiger partial charge in [-0.1, -0.05) is 24.3 Å². The van der Waals surface area contributed by atoms with Crippen LogP contribution in [0.3, 0.4) is 0 Å². The minimum atomic E-state index is -0.793. The molecule has 1 fully saturated rings. The maximum atomic E-state index is 13.9. The molecule has 0 saturated carbocycles. The second-order valence-electron chi connectivity index (χ2n) is 7.07. The molecule has 154 valence electrons. The quantitative estimate of drug-likeness (QED) is 0.694. The average molecular weight is 403 g/mol. The summed E-state index contributed by atoms with van der Waals surface area (Å²) >= 11 is 0. The molecule has 1 amide bonds. The molecule has 7 heteroatoms. The molecule has 29 heavy (non-hydrogen) atoms. The Bertz CT molecular complexity index is 902. The van der Waals surface area contributed by atoms with Gasteiger partial charge in [0.15, 0.2) is 11.6 Å². The zero-order valence-electron chi connectivity index (χ0n) is 16.4. The molecule has 1 heterocycles. The van der Waals surface area contributed by atoms with Crippen LogP contribution in [0.15, 0.2) is 42.5 Å². The monoisotopic (exact) mass is 403 g/mol. The van der Waals surface area contributed by atoms with E-state index in [1.54, 1.807) is 31.2 Å². The molecule has 0 N–H and O–H groups in total. The van der Waals surface area contributed by atoms with Gasteiger partial charge in [0.1, 0.15) is 18.0 Å². The summed E-state index contributed by atoms with van der Waals surface area (Å²) in [5, 5.41) is 0. The number of hydrogen-bond donors (Lipinski definition) is 0. The van der Waals surface area contributed by atoms with E-state index < -0.39 is 23.9 Å². The number of carbonyl (C=O) groups is 2. The molecule has 2 atom stereocenters. The Labute approximate surface area is 168 Å². The Morgan fingerprint density at radius 3 is 2.59 bits per heavy atom. The van der Waals surface area contributed by atoms with Gasteiger partial charge in [0.25, 0.3) is 0 Å². The molecule has 1 aliphatic heterocycles. The van der Waals surface area contributed by atoms with Gasteiger partial charge in [-0.15, -0.1) is 0 Å². The van der Waals surface area contributed by atoms with Crippen molar-refractivity contribution in [3.8, 4) is 5.75 Å². The van der Waals surface area contributed by atoms with E-state index in [0.29, 0.717) is 17.5 Å². The van der Waals surface area contributed by atoms with Crippen LogP contribution in [0.2, 0.25) is 0 Å². The predicted octanol–water partition coefficient (Wildman–Crippen LogP) is 3.43. The highest BCUT2D eigenvalue weighted by Crippen LogP contribution is 2.26. The number of esters is 1. The number of methoxy groups -OCH3 is 1. The average Bonchev–Trinajstić information content (AvgIpc) is 3.14. The highest BCUT2D eigenvalue weighted by molar-refractivity contribution is 5.85. The molecule has 0 aliphatic carbocycles. The lowest BCUT2D eigenvalue weighted by atomic mass is 10.1. The predicted molar refractivity (Wildman–Crippen MR) is 102 cm³/mol. The van der Waals surface area contributed by atoms with Gasteiger partial charge in [-0.25, -0.2) is 13.6 Å².